The average molecular weight is 493 g/mol. The molecule has 0 saturated heterocycles. The topological polar surface area (TPSA) is 123 Å². The number of amides is 1. The molecule has 5 aromatic rings. The quantitative estimate of drug-likeness (QED) is 0.397. The molecule has 6 heterocycles. The van der Waals surface area contributed by atoms with Gasteiger partial charge in [0.25, 0.3) is 5.89 Å². The standard InChI is InChI=1S/C23H21F2N9O2/c1-12(2)14-4-3-6-33-17(14)8-16(31-33)19-18-15(26-11-27-18)5-7-32(19)22(35)21-30-29-20(36-21)13-9-28-34(10-13)23(24)25/h3-4,6,8-12,19,23H,5,7H2,1-2H3,(H,26,27)/t19-/m0/s1. The maximum atomic E-state index is 13.6. The lowest BCUT2D eigenvalue weighted by Crippen LogP contribution is -2.41. The second-order valence-electron chi connectivity index (χ2n) is 8.83. The number of fused-ring (bicyclic) bond motifs is 2. The number of pyridine rings is 1. The molecule has 0 fully saturated rings. The van der Waals surface area contributed by atoms with E-state index in [0.717, 1.165) is 23.0 Å². The zero-order chi connectivity index (χ0) is 25.0. The van der Waals surface area contributed by atoms with E-state index >= 15 is 0 Å². The molecule has 0 radical (unpaired) electrons. The predicted molar refractivity (Wildman–Crippen MR) is 121 cm³/mol. The summed E-state index contributed by atoms with van der Waals surface area (Å²) in [5, 5.41) is 16.1. The van der Waals surface area contributed by atoms with Crippen LogP contribution in [0.3, 0.4) is 0 Å². The van der Waals surface area contributed by atoms with Crippen LogP contribution in [0.5, 0.6) is 0 Å². The monoisotopic (exact) mass is 493 g/mol. The lowest BCUT2D eigenvalue weighted by molar-refractivity contribution is 0.0566. The minimum atomic E-state index is -2.80. The normalized spacial score (nSPS) is 15.8. The second-order valence-corrected chi connectivity index (χ2v) is 8.83. The van der Waals surface area contributed by atoms with Crippen molar-refractivity contribution >= 4 is 11.4 Å². The molecule has 36 heavy (non-hydrogen) atoms. The first kappa shape index (κ1) is 22.1. The number of H-pyrrole nitrogens is 1. The SMILES string of the molecule is CC(C)c1cccn2nc([C@H]3c4nc[nH]c4CCN3C(=O)c3nnc(-c4cnn(C(F)F)c4)o3)cc12. The number of nitrogens with one attached hydrogen (secondary N) is 1. The molecule has 1 aliphatic rings. The van der Waals surface area contributed by atoms with Crippen molar-refractivity contribution in [2.75, 3.05) is 6.54 Å². The molecule has 11 nitrogen and oxygen atoms in total. The molecule has 1 N–H and O–H groups in total. The molecular formula is C23H21F2N9O2. The van der Waals surface area contributed by atoms with Gasteiger partial charge < -0.3 is 14.3 Å². The van der Waals surface area contributed by atoms with Crippen molar-refractivity contribution in [3.63, 3.8) is 0 Å². The highest BCUT2D eigenvalue weighted by Crippen LogP contribution is 2.35. The van der Waals surface area contributed by atoms with Crippen LogP contribution in [0.25, 0.3) is 17.0 Å². The van der Waals surface area contributed by atoms with Gasteiger partial charge in [0, 0.05) is 31.1 Å². The van der Waals surface area contributed by atoms with E-state index < -0.39 is 18.5 Å². The molecular weight excluding hydrogens is 472 g/mol. The summed E-state index contributed by atoms with van der Waals surface area (Å²) >= 11 is 0. The van der Waals surface area contributed by atoms with Crippen molar-refractivity contribution in [3.8, 4) is 11.5 Å². The van der Waals surface area contributed by atoms with Crippen molar-refractivity contribution in [1.82, 2.24) is 44.5 Å². The molecule has 0 spiro atoms. The third-order valence-corrected chi connectivity index (χ3v) is 6.30. The highest BCUT2D eigenvalue weighted by molar-refractivity contribution is 5.90. The van der Waals surface area contributed by atoms with Gasteiger partial charge >= 0.3 is 18.3 Å². The fourth-order valence-electron chi connectivity index (χ4n) is 4.58. The van der Waals surface area contributed by atoms with Crippen molar-refractivity contribution in [3.05, 3.63) is 71.7 Å². The largest absolute Gasteiger partial charge is 0.412 e. The van der Waals surface area contributed by atoms with Gasteiger partial charge in [-0.05, 0) is 23.6 Å². The molecule has 6 rings (SSSR count). The van der Waals surface area contributed by atoms with Gasteiger partial charge in [-0.15, -0.1) is 10.2 Å². The van der Waals surface area contributed by atoms with Gasteiger partial charge in [-0.2, -0.15) is 19.0 Å². The lowest BCUT2D eigenvalue weighted by Gasteiger charge is -2.32. The molecule has 0 aliphatic carbocycles. The highest BCUT2D eigenvalue weighted by Gasteiger charge is 2.38. The maximum Gasteiger partial charge on any atom is 0.333 e. The van der Waals surface area contributed by atoms with E-state index in [4.69, 9.17) is 9.52 Å². The summed E-state index contributed by atoms with van der Waals surface area (Å²) in [7, 11) is 0. The number of carbonyl (C=O) groups is 1. The molecule has 1 amide bonds. The Morgan fingerprint density at radius 3 is 2.92 bits per heavy atom. The summed E-state index contributed by atoms with van der Waals surface area (Å²) in [5.41, 5.74) is 4.56. The molecule has 0 saturated carbocycles. The lowest BCUT2D eigenvalue weighted by atomic mass is 9.98. The maximum absolute atomic E-state index is 13.6. The highest BCUT2D eigenvalue weighted by atomic mass is 19.3. The van der Waals surface area contributed by atoms with Crippen LogP contribution in [0.2, 0.25) is 0 Å². The number of aromatic amines is 1. The Bertz CT molecular complexity index is 1560. The van der Waals surface area contributed by atoms with Gasteiger partial charge in [-0.1, -0.05) is 19.9 Å². The summed E-state index contributed by atoms with van der Waals surface area (Å²) in [5.74, 6) is -0.552. The summed E-state index contributed by atoms with van der Waals surface area (Å²) in [6.07, 6.45) is 6.29. The van der Waals surface area contributed by atoms with Crippen LogP contribution in [0.15, 0.2) is 47.5 Å². The van der Waals surface area contributed by atoms with Gasteiger partial charge in [0.15, 0.2) is 0 Å². The average Bonchev–Trinajstić information content (AvgIpc) is 3.66. The number of halogens is 2. The van der Waals surface area contributed by atoms with Crippen LogP contribution >= 0.6 is 0 Å². The fraction of sp³-hybridized carbons (Fsp3) is 0.304. The third-order valence-electron chi connectivity index (χ3n) is 6.30. The molecule has 184 valence electrons. The minimum absolute atomic E-state index is 0.0754. The Morgan fingerprint density at radius 1 is 1.28 bits per heavy atom. The smallest absolute Gasteiger partial charge is 0.333 e. The molecule has 13 heteroatoms. The van der Waals surface area contributed by atoms with E-state index in [0.29, 0.717) is 29.0 Å². The first-order chi connectivity index (χ1) is 17.4. The first-order valence-corrected chi connectivity index (χ1v) is 11.4. The van der Waals surface area contributed by atoms with Crippen LogP contribution in [-0.2, 0) is 6.42 Å². The van der Waals surface area contributed by atoms with E-state index in [1.54, 1.807) is 15.7 Å². The Hall–Kier alpha value is -4.42. The summed E-state index contributed by atoms with van der Waals surface area (Å²) in [6.45, 7) is 1.79. The van der Waals surface area contributed by atoms with Crippen LogP contribution in [0, 0.1) is 0 Å². The molecule has 0 bridgehead atoms. The van der Waals surface area contributed by atoms with Crippen LogP contribution in [0.1, 0.15) is 65.7 Å². The van der Waals surface area contributed by atoms with Gasteiger partial charge in [-0.3, -0.25) is 4.79 Å². The number of carbonyl (C=O) groups excluding carboxylic acids is 1. The summed E-state index contributed by atoms with van der Waals surface area (Å²) in [6, 6.07) is 5.40. The molecule has 5 aromatic heterocycles. The van der Waals surface area contributed by atoms with Gasteiger partial charge in [0.1, 0.15) is 6.04 Å². The van der Waals surface area contributed by atoms with Gasteiger partial charge in [0.05, 0.1) is 35.0 Å². The number of hydrogen-bond acceptors (Lipinski definition) is 7. The van der Waals surface area contributed by atoms with Gasteiger partial charge in [0.2, 0.25) is 0 Å². The van der Waals surface area contributed by atoms with E-state index in [-0.39, 0.29) is 23.3 Å². The van der Waals surface area contributed by atoms with Crippen molar-refractivity contribution in [1.29, 1.82) is 0 Å². The molecule has 1 atom stereocenters. The first-order valence-electron chi connectivity index (χ1n) is 11.4. The number of hydrogen-bond donors (Lipinski definition) is 1. The molecule has 0 unspecified atom stereocenters. The van der Waals surface area contributed by atoms with Crippen molar-refractivity contribution < 1.29 is 18.0 Å². The zero-order valence-corrected chi connectivity index (χ0v) is 19.3. The predicted octanol–water partition coefficient (Wildman–Crippen LogP) is 3.61. The summed E-state index contributed by atoms with van der Waals surface area (Å²) in [4.78, 5) is 22.8. The van der Waals surface area contributed by atoms with Gasteiger partial charge in [-0.25, -0.2) is 14.2 Å². The van der Waals surface area contributed by atoms with E-state index in [1.807, 2.05) is 18.3 Å². The Kier molecular flexibility index (Phi) is 5.12. The van der Waals surface area contributed by atoms with Crippen LogP contribution in [-0.4, -0.2) is 56.9 Å². The Morgan fingerprint density at radius 2 is 2.14 bits per heavy atom. The summed E-state index contributed by atoms with van der Waals surface area (Å²) < 4.78 is 33.6. The Labute approximate surface area is 202 Å². The van der Waals surface area contributed by atoms with Crippen molar-refractivity contribution in [2.45, 2.75) is 38.8 Å². The number of imidazole rings is 1. The van der Waals surface area contributed by atoms with E-state index in [9.17, 15) is 13.6 Å². The van der Waals surface area contributed by atoms with E-state index in [1.165, 1.54) is 6.20 Å². The molecule has 1 aliphatic heterocycles. The van der Waals surface area contributed by atoms with Crippen LogP contribution < -0.4 is 0 Å². The number of rotatable bonds is 5. The number of alkyl halides is 2. The Balaban J connectivity index is 1.38. The van der Waals surface area contributed by atoms with Crippen molar-refractivity contribution in [2.24, 2.45) is 0 Å². The fourth-order valence-corrected chi connectivity index (χ4v) is 4.58. The number of aromatic nitrogens is 8. The zero-order valence-electron chi connectivity index (χ0n) is 19.3. The second kappa shape index (κ2) is 8.36. The van der Waals surface area contributed by atoms with Crippen LogP contribution in [0.4, 0.5) is 8.78 Å². The van der Waals surface area contributed by atoms with E-state index in [2.05, 4.69) is 45.2 Å². The third kappa shape index (κ3) is 3.54. The molecule has 0 aromatic carbocycles. The number of nitrogens with zero attached hydrogens (tertiary/aromatic N) is 8. The minimum Gasteiger partial charge on any atom is -0.412 e.